The molecule has 1 aromatic heterocycles. The Kier molecular flexibility index (Phi) is 3.29. The lowest BCUT2D eigenvalue weighted by molar-refractivity contribution is 0.402. The maximum Gasteiger partial charge on any atom is 0.225 e. The van der Waals surface area contributed by atoms with Crippen molar-refractivity contribution in [3.63, 3.8) is 0 Å². The van der Waals surface area contributed by atoms with Crippen LogP contribution in [-0.2, 0) is 6.42 Å². The molecule has 0 aromatic carbocycles. The van der Waals surface area contributed by atoms with Crippen LogP contribution in [0.25, 0.3) is 0 Å². The van der Waals surface area contributed by atoms with Crippen molar-refractivity contribution in [1.29, 1.82) is 0 Å². The van der Waals surface area contributed by atoms with Gasteiger partial charge in [0.25, 0.3) is 0 Å². The summed E-state index contributed by atoms with van der Waals surface area (Å²) in [7, 11) is 1.65. The Morgan fingerprint density at radius 1 is 1.64 bits per heavy atom. The summed E-state index contributed by atoms with van der Waals surface area (Å²) in [6.45, 7) is 0. The van der Waals surface area contributed by atoms with Crippen molar-refractivity contribution in [2.24, 2.45) is 5.92 Å². The molecule has 1 fully saturated rings. The quantitative estimate of drug-likeness (QED) is 0.746. The van der Waals surface area contributed by atoms with E-state index in [1.807, 2.05) is 6.07 Å². The molecule has 0 bridgehead atoms. The first-order valence-corrected chi connectivity index (χ1v) is 6.14. The third-order valence-electron chi connectivity index (χ3n) is 2.78. The zero-order chi connectivity index (χ0) is 9.97. The Balaban J connectivity index is 1.96. The van der Waals surface area contributed by atoms with E-state index in [1.54, 1.807) is 7.11 Å². The predicted octanol–water partition coefficient (Wildman–Crippen LogP) is 3.10. The van der Waals surface area contributed by atoms with Crippen molar-refractivity contribution in [2.75, 3.05) is 7.11 Å². The summed E-state index contributed by atoms with van der Waals surface area (Å²) in [5.41, 5.74) is 0. The fourth-order valence-corrected chi connectivity index (χ4v) is 3.11. The molecule has 2 nitrogen and oxygen atoms in total. The third-order valence-corrected chi connectivity index (χ3v) is 4.14. The molecular weight excluding hydrogens is 218 g/mol. The Hall–Kier alpha value is -0.280. The van der Waals surface area contributed by atoms with Gasteiger partial charge in [-0.15, -0.1) is 11.6 Å². The lowest BCUT2D eigenvalue weighted by atomic mass is 10.0. The highest BCUT2D eigenvalue weighted by Gasteiger charge is 2.25. The second-order valence-electron chi connectivity index (χ2n) is 3.75. The zero-order valence-corrected chi connectivity index (χ0v) is 9.77. The predicted molar refractivity (Wildman–Crippen MR) is 59.4 cm³/mol. The second-order valence-corrected chi connectivity index (χ2v) is 5.20. The van der Waals surface area contributed by atoms with Crippen LogP contribution in [0.4, 0.5) is 0 Å². The van der Waals surface area contributed by atoms with E-state index >= 15 is 0 Å². The summed E-state index contributed by atoms with van der Waals surface area (Å²) in [4.78, 5) is 1.29. The molecule has 0 aliphatic heterocycles. The van der Waals surface area contributed by atoms with Crippen molar-refractivity contribution < 1.29 is 4.74 Å². The summed E-state index contributed by atoms with van der Waals surface area (Å²) in [6.07, 6.45) is 4.76. The number of rotatable bonds is 3. The van der Waals surface area contributed by atoms with E-state index < -0.39 is 0 Å². The van der Waals surface area contributed by atoms with Crippen molar-refractivity contribution in [3.8, 4) is 5.88 Å². The van der Waals surface area contributed by atoms with Gasteiger partial charge >= 0.3 is 0 Å². The molecule has 4 heteroatoms. The van der Waals surface area contributed by atoms with Crippen molar-refractivity contribution in [1.82, 2.24) is 4.37 Å². The Morgan fingerprint density at radius 3 is 3.07 bits per heavy atom. The summed E-state index contributed by atoms with van der Waals surface area (Å²) in [6, 6.07) is 2.02. The van der Waals surface area contributed by atoms with Crippen LogP contribution in [0.2, 0.25) is 0 Å². The SMILES string of the molecule is COc1cc(CC2CCCC2Cl)sn1. The van der Waals surface area contributed by atoms with Gasteiger partial charge in [-0.25, -0.2) is 0 Å². The first kappa shape index (κ1) is 10.2. The molecule has 1 saturated carbocycles. The Morgan fingerprint density at radius 2 is 2.50 bits per heavy atom. The van der Waals surface area contributed by atoms with Gasteiger partial charge in [-0.1, -0.05) is 6.42 Å². The third kappa shape index (κ3) is 2.20. The van der Waals surface area contributed by atoms with E-state index in [2.05, 4.69) is 4.37 Å². The molecule has 1 heterocycles. The smallest absolute Gasteiger partial charge is 0.225 e. The Labute approximate surface area is 93.4 Å². The van der Waals surface area contributed by atoms with Gasteiger partial charge in [0.2, 0.25) is 5.88 Å². The van der Waals surface area contributed by atoms with Gasteiger partial charge in [0.15, 0.2) is 0 Å². The summed E-state index contributed by atoms with van der Waals surface area (Å²) >= 11 is 7.75. The first-order valence-electron chi connectivity index (χ1n) is 4.93. The van der Waals surface area contributed by atoms with Crippen molar-refractivity contribution in [3.05, 3.63) is 10.9 Å². The highest BCUT2D eigenvalue weighted by molar-refractivity contribution is 7.05. The van der Waals surface area contributed by atoms with Gasteiger partial charge in [0.1, 0.15) is 0 Å². The van der Waals surface area contributed by atoms with Gasteiger partial charge in [0.05, 0.1) is 7.11 Å². The van der Waals surface area contributed by atoms with Gasteiger partial charge < -0.3 is 4.74 Å². The minimum atomic E-state index is 0.364. The van der Waals surface area contributed by atoms with Gasteiger partial charge in [-0.3, -0.25) is 0 Å². The van der Waals surface area contributed by atoms with Crippen LogP contribution in [0.5, 0.6) is 5.88 Å². The lowest BCUT2D eigenvalue weighted by Crippen LogP contribution is -2.09. The van der Waals surface area contributed by atoms with E-state index in [-0.39, 0.29) is 0 Å². The lowest BCUT2D eigenvalue weighted by Gasteiger charge is -2.10. The molecule has 2 unspecified atom stereocenters. The van der Waals surface area contributed by atoms with Gasteiger partial charge in [0, 0.05) is 16.3 Å². The fraction of sp³-hybridized carbons (Fsp3) is 0.700. The number of halogens is 1. The normalized spacial score (nSPS) is 26.7. The van der Waals surface area contributed by atoms with E-state index in [4.69, 9.17) is 16.3 Å². The summed E-state index contributed by atoms with van der Waals surface area (Å²) < 4.78 is 9.23. The number of aromatic nitrogens is 1. The van der Waals surface area contributed by atoms with E-state index in [0.29, 0.717) is 11.3 Å². The Bertz CT molecular complexity index is 302. The molecule has 1 aromatic rings. The molecule has 0 N–H and O–H groups in total. The van der Waals surface area contributed by atoms with Gasteiger partial charge in [-0.2, -0.15) is 4.37 Å². The fourth-order valence-electron chi connectivity index (χ4n) is 1.97. The number of alkyl halides is 1. The zero-order valence-electron chi connectivity index (χ0n) is 8.20. The maximum atomic E-state index is 6.22. The first-order chi connectivity index (χ1) is 6.79. The number of hydrogen-bond donors (Lipinski definition) is 0. The topological polar surface area (TPSA) is 22.1 Å². The van der Waals surface area contributed by atoms with Crippen LogP contribution >= 0.6 is 23.1 Å². The molecule has 2 rings (SSSR count). The number of ether oxygens (including phenoxy) is 1. The summed E-state index contributed by atoms with van der Waals surface area (Å²) in [5.74, 6) is 1.37. The molecule has 0 radical (unpaired) electrons. The second kappa shape index (κ2) is 4.49. The summed E-state index contributed by atoms with van der Waals surface area (Å²) in [5, 5.41) is 0.364. The molecule has 1 aliphatic rings. The highest BCUT2D eigenvalue weighted by Crippen LogP contribution is 2.34. The van der Waals surface area contributed by atoms with Gasteiger partial charge in [-0.05, 0) is 36.7 Å². The largest absolute Gasteiger partial charge is 0.480 e. The minimum Gasteiger partial charge on any atom is -0.480 e. The monoisotopic (exact) mass is 231 g/mol. The van der Waals surface area contributed by atoms with Crippen LogP contribution < -0.4 is 4.74 Å². The average molecular weight is 232 g/mol. The van der Waals surface area contributed by atoms with Crippen LogP contribution in [0.3, 0.4) is 0 Å². The molecule has 14 heavy (non-hydrogen) atoms. The molecule has 0 saturated heterocycles. The molecular formula is C10H14ClNOS. The van der Waals surface area contributed by atoms with E-state index in [0.717, 1.165) is 12.3 Å². The number of hydrogen-bond acceptors (Lipinski definition) is 3. The molecule has 2 atom stereocenters. The van der Waals surface area contributed by atoms with E-state index in [1.165, 1.54) is 35.7 Å². The highest BCUT2D eigenvalue weighted by atomic mass is 35.5. The standard InChI is InChI=1S/C10H14ClNOS/c1-13-10-6-8(14-12-10)5-7-3-2-4-9(7)11/h6-7,9H,2-5H2,1H3. The van der Waals surface area contributed by atoms with Crippen molar-refractivity contribution in [2.45, 2.75) is 31.1 Å². The minimum absolute atomic E-state index is 0.364. The molecule has 0 spiro atoms. The van der Waals surface area contributed by atoms with Crippen LogP contribution in [-0.4, -0.2) is 16.9 Å². The van der Waals surface area contributed by atoms with E-state index in [9.17, 15) is 0 Å². The maximum absolute atomic E-state index is 6.22. The molecule has 0 amide bonds. The number of nitrogens with zero attached hydrogens (tertiary/aromatic N) is 1. The average Bonchev–Trinajstić information content (AvgIpc) is 2.77. The molecule has 78 valence electrons. The van der Waals surface area contributed by atoms with Crippen molar-refractivity contribution >= 4 is 23.1 Å². The van der Waals surface area contributed by atoms with Crippen LogP contribution in [0.15, 0.2) is 6.07 Å². The van der Waals surface area contributed by atoms with Crippen LogP contribution in [0, 0.1) is 5.92 Å². The molecule has 1 aliphatic carbocycles. The van der Waals surface area contributed by atoms with Crippen LogP contribution in [0.1, 0.15) is 24.1 Å². The number of methoxy groups -OCH3 is 1.